The molecule has 3 nitrogen and oxygen atoms in total. The van der Waals surface area contributed by atoms with Crippen molar-refractivity contribution in [2.45, 2.75) is 33.1 Å². The van der Waals surface area contributed by atoms with Crippen LogP contribution in [0.3, 0.4) is 0 Å². The molecule has 1 rings (SSSR count). The third kappa shape index (κ3) is 3.53. The summed E-state index contributed by atoms with van der Waals surface area (Å²) >= 11 is 0. The van der Waals surface area contributed by atoms with E-state index in [1.807, 2.05) is 0 Å². The van der Waals surface area contributed by atoms with Crippen LogP contribution in [0.15, 0.2) is 18.2 Å². The van der Waals surface area contributed by atoms with Gasteiger partial charge in [-0.2, -0.15) is 0 Å². The summed E-state index contributed by atoms with van der Waals surface area (Å²) in [5.41, 5.74) is 3.79. The Labute approximate surface area is 104 Å². The van der Waals surface area contributed by atoms with Crippen LogP contribution in [0.25, 0.3) is 0 Å². The zero-order chi connectivity index (χ0) is 12.8. The molecule has 0 bridgehead atoms. The number of rotatable bonds is 6. The predicted octanol–water partition coefficient (Wildman–Crippen LogP) is 2.57. The van der Waals surface area contributed by atoms with Crippen LogP contribution in [0.2, 0.25) is 0 Å². The summed E-state index contributed by atoms with van der Waals surface area (Å²) in [6.45, 7) is 7.19. The second kappa shape index (κ2) is 6.74. The predicted molar refractivity (Wildman–Crippen MR) is 70.1 cm³/mol. The average molecular weight is 237 g/mol. The summed E-state index contributed by atoms with van der Waals surface area (Å²) in [5, 5.41) is 3.40. The molecule has 0 aliphatic rings. The first-order chi connectivity index (χ1) is 8.13. The smallest absolute Gasteiger partial charge is 0.176 e. The van der Waals surface area contributed by atoms with Crippen molar-refractivity contribution in [2.75, 3.05) is 20.8 Å². The van der Waals surface area contributed by atoms with E-state index in [0.717, 1.165) is 6.54 Å². The maximum atomic E-state index is 5.35. The summed E-state index contributed by atoms with van der Waals surface area (Å²) in [6, 6.07) is 6.51. The lowest BCUT2D eigenvalue weighted by atomic mass is 10.0. The minimum absolute atomic E-state index is 0.0642. The number of hydrogen-bond donors (Lipinski definition) is 1. The Balaban J connectivity index is 2.99. The van der Waals surface area contributed by atoms with Crippen LogP contribution in [-0.2, 0) is 9.47 Å². The van der Waals surface area contributed by atoms with Crippen LogP contribution < -0.4 is 5.32 Å². The molecule has 0 radical (unpaired) electrons. The van der Waals surface area contributed by atoms with E-state index < -0.39 is 0 Å². The quantitative estimate of drug-likeness (QED) is 0.771. The molecule has 0 aliphatic heterocycles. The normalized spacial score (nSPS) is 13.1. The fourth-order valence-electron chi connectivity index (χ4n) is 1.92. The summed E-state index contributed by atoms with van der Waals surface area (Å²) < 4.78 is 10.7. The largest absolute Gasteiger partial charge is 0.354 e. The fraction of sp³-hybridized carbons (Fsp3) is 0.571. The number of methoxy groups -OCH3 is 2. The molecule has 1 aromatic rings. The zero-order valence-corrected chi connectivity index (χ0v) is 11.4. The summed E-state index contributed by atoms with van der Waals surface area (Å²) in [6.07, 6.45) is -0.267. The summed E-state index contributed by atoms with van der Waals surface area (Å²) in [7, 11) is 3.33. The Morgan fingerprint density at radius 1 is 1.12 bits per heavy atom. The van der Waals surface area contributed by atoms with Crippen molar-refractivity contribution < 1.29 is 9.47 Å². The standard InChI is InChI=1S/C14H23NO2/c1-6-15-13(14(16-4)17-5)12-8-7-10(2)11(3)9-12/h7-9,13-15H,6H2,1-5H3. The van der Waals surface area contributed by atoms with E-state index in [-0.39, 0.29) is 12.3 Å². The van der Waals surface area contributed by atoms with E-state index in [4.69, 9.17) is 9.47 Å². The first-order valence-corrected chi connectivity index (χ1v) is 6.00. The van der Waals surface area contributed by atoms with Crippen molar-refractivity contribution >= 4 is 0 Å². The van der Waals surface area contributed by atoms with Gasteiger partial charge in [-0.15, -0.1) is 0 Å². The van der Waals surface area contributed by atoms with E-state index in [2.05, 4.69) is 44.3 Å². The van der Waals surface area contributed by atoms with E-state index in [1.54, 1.807) is 14.2 Å². The van der Waals surface area contributed by atoms with Gasteiger partial charge in [0.15, 0.2) is 6.29 Å². The molecule has 0 saturated heterocycles. The molecule has 0 aliphatic carbocycles. The second-order valence-corrected chi connectivity index (χ2v) is 4.22. The minimum Gasteiger partial charge on any atom is -0.354 e. The van der Waals surface area contributed by atoms with Crippen molar-refractivity contribution in [1.29, 1.82) is 0 Å². The Hall–Kier alpha value is -0.900. The van der Waals surface area contributed by atoms with Gasteiger partial charge in [0.05, 0.1) is 6.04 Å². The van der Waals surface area contributed by atoms with Gasteiger partial charge < -0.3 is 14.8 Å². The molecule has 17 heavy (non-hydrogen) atoms. The van der Waals surface area contributed by atoms with Crippen LogP contribution in [0.1, 0.15) is 29.7 Å². The number of likely N-dealkylation sites (N-methyl/N-ethyl adjacent to an activating group) is 1. The molecule has 0 saturated carbocycles. The van der Waals surface area contributed by atoms with Gasteiger partial charge in [-0.05, 0) is 37.1 Å². The molecule has 0 spiro atoms. The number of nitrogens with one attached hydrogen (secondary N) is 1. The van der Waals surface area contributed by atoms with Gasteiger partial charge in [0, 0.05) is 14.2 Å². The van der Waals surface area contributed by atoms with E-state index in [1.165, 1.54) is 16.7 Å². The van der Waals surface area contributed by atoms with Gasteiger partial charge in [0.25, 0.3) is 0 Å². The van der Waals surface area contributed by atoms with Crippen molar-refractivity contribution in [2.24, 2.45) is 0 Å². The molecule has 1 N–H and O–H groups in total. The maximum absolute atomic E-state index is 5.35. The third-order valence-electron chi connectivity index (χ3n) is 3.05. The summed E-state index contributed by atoms with van der Waals surface area (Å²) in [5.74, 6) is 0. The van der Waals surface area contributed by atoms with Crippen LogP contribution in [-0.4, -0.2) is 27.1 Å². The minimum atomic E-state index is -0.267. The highest BCUT2D eigenvalue weighted by Gasteiger charge is 2.21. The van der Waals surface area contributed by atoms with E-state index in [0.29, 0.717) is 0 Å². The van der Waals surface area contributed by atoms with Gasteiger partial charge in [0.1, 0.15) is 0 Å². The van der Waals surface area contributed by atoms with Crippen LogP contribution in [0.5, 0.6) is 0 Å². The fourth-order valence-corrected chi connectivity index (χ4v) is 1.92. The first kappa shape index (κ1) is 14.2. The second-order valence-electron chi connectivity index (χ2n) is 4.22. The third-order valence-corrected chi connectivity index (χ3v) is 3.05. The lowest BCUT2D eigenvalue weighted by Crippen LogP contribution is -2.34. The first-order valence-electron chi connectivity index (χ1n) is 6.00. The van der Waals surface area contributed by atoms with Gasteiger partial charge in [-0.3, -0.25) is 0 Å². The Morgan fingerprint density at radius 2 is 1.76 bits per heavy atom. The number of aryl methyl sites for hydroxylation is 2. The zero-order valence-electron chi connectivity index (χ0n) is 11.4. The molecule has 0 fully saturated rings. The van der Waals surface area contributed by atoms with Crippen molar-refractivity contribution in [3.63, 3.8) is 0 Å². The molecule has 3 heteroatoms. The Morgan fingerprint density at radius 3 is 2.24 bits per heavy atom. The molecular formula is C14H23NO2. The Kier molecular flexibility index (Phi) is 5.62. The molecule has 1 aromatic carbocycles. The molecule has 0 aromatic heterocycles. The number of hydrogen-bond acceptors (Lipinski definition) is 3. The SMILES string of the molecule is CCNC(c1ccc(C)c(C)c1)C(OC)OC. The Bertz CT molecular complexity index is 348. The lowest BCUT2D eigenvalue weighted by molar-refractivity contribution is -0.123. The lowest BCUT2D eigenvalue weighted by Gasteiger charge is -2.26. The highest BCUT2D eigenvalue weighted by atomic mass is 16.7. The van der Waals surface area contributed by atoms with Gasteiger partial charge in [0.2, 0.25) is 0 Å². The molecular weight excluding hydrogens is 214 g/mol. The molecule has 96 valence electrons. The van der Waals surface area contributed by atoms with Crippen LogP contribution >= 0.6 is 0 Å². The number of ether oxygens (including phenoxy) is 2. The average Bonchev–Trinajstić information content (AvgIpc) is 2.33. The van der Waals surface area contributed by atoms with Gasteiger partial charge in [-0.25, -0.2) is 0 Å². The number of benzene rings is 1. The van der Waals surface area contributed by atoms with Crippen molar-refractivity contribution in [3.05, 3.63) is 34.9 Å². The monoisotopic (exact) mass is 237 g/mol. The van der Waals surface area contributed by atoms with Crippen molar-refractivity contribution in [1.82, 2.24) is 5.32 Å². The molecule has 1 unspecified atom stereocenters. The van der Waals surface area contributed by atoms with Crippen LogP contribution in [0, 0.1) is 13.8 Å². The van der Waals surface area contributed by atoms with Crippen LogP contribution in [0.4, 0.5) is 0 Å². The van der Waals surface area contributed by atoms with Crippen molar-refractivity contribution in [3.8, 4) is 0 Å². The van der Waals surface area contributed by atoms with Gasteiger partial charge in [-0.1, -0.05) is 25.1 Å². The summed E-state index contributed by atoms with van der Waals surface area (Å²) in [4.78, 5) is 0. The topological polar surface area (TPSA) is 30.5 Å². The molecule has 0 heterocycles. The molecule has 1 atom stereocenters. The highest BCUT2D eigenvalue weighted by Crippen LogP contribution is 2.22. The van der Waals surface area contributed by atoms with E-state index >= 15 is 0 Å². The van der Waals surface area contributed by atoms with Gasteiger partial charge >= 0.3 is 0 Å². The maximum Gasteiger partial charge on any atom is 0.176 e. The van der Waals surface area contributed by atoms with E-state index in [9.17, 15) is 0 Å². The highest BCUT2D eigenvalue weighted by molar-refractivity contribution is 5.32. The molecule has 0 amide bonds.